The van der Waals surface area contributed by atoms with E-state index in [2.05, 4.69) is 10.6 Å². The minimum Gasteiger partial charge on any atom is -0.464 e. The van der Waals surface area contributed by atoms with Crippen molar-refractivity contribution in [3.63, 3.8) is 0 Å². The van der Waals surface area contributed by atoms with Crippen LogP contribution in [0.5, 0.6) is 0 Å². The van der Waals surface area contributed by atoms with Crippen LogP contribution in [0, 0.1) is 5.92 Å². The second-order valence-corrected chi connectivity index (χ2v) is 7.21. The fourth-order valence-corrected chi connectivity index (χ4v) is 3.53. The van der Waals surface area contributed by atoms with Crippen molar-refractivity contribution in [2.24, 2.45) is 5.92 Å². The molecule has 1 aliphatic heterocycles. The average Bonchev–Trinajstić information content (AvgIpc) is 3.08. The van der Waals surface area contributed by atoms with Crippen LogP contribution in [0.1, 0.15) is 57.8 Å². The van der Waals surface area contributed by atoms with Gasteiger partial charge in [0.05, 0.1) is 24.6 Å². The van der Waals surface area contributed by atoms with Gasteiger partial charge in [-0.2, -0.15) is 0 Å². The molecule has 1 fully saturated rings. The smallest absolute Gasteiger partial charge is 0.305 e. The van der Waals surface area contributed by atoms with Crippen LogP contribution in [-0.2, 0) is 19.1 Å². The van der Waals surface area contributed by atoms with Crippen molar-refractivity contribution in [3.05, 3.63) is 12.2 Å². The zero-order valence-electron chi connectivity index (χ0n) is 15.3. The van der Waals surface area contributed by atoms with E-state index >= 15 is 0 Å². The molecule has 1 heterocycles. The van der Waals surface area contributed by atoms with Crippen LogP contribution in [0.3, 0.4) is 0 Å². The van der Waals surface area contributed by atoms with E-state index in [0.717, 1.165) is 32.1 Å². The van der Waals surface area contributed by atoms with E-state index in [9.17, 15) is 19.5 Å². The molecule has 7 heteroatoms. The summed E-state index contributed by atoms with van der Waals surface area (Å²) < 4.78 is 5.05. The molecule has 7 nitrogen and oxygen atoms in total. The lowest BCUT2D eigenvalue weighted by atomic mass is 9.95. The first-order valence-corrected chi connectivity index (χ1v) is 9.55. The molecule has 0 radical (unpaired) electrons. The Bertz CT molecular complexity index is 526. The van der Waals surface area contributed by atoms with Crippen molar-refractivity contribution in [1.29, 1.82) is 0 Å². The van der Waals surface area contributed by atoms with Crippen LogP contribution >= 0.6 is 0 Å². The highest BCUT2D eigenvalue weighted by Crippen LogP contribution is 2.29. The van der Waals surface area contributed by atoms with E-state index < -0.39 is 11.5 Å². The minimum absolute atomic E-state index is 0.0686. The molecule has 146 valence electrons. The van der Waals surface area contributed by atoms with Crippen LogP contribution < -0.4 is 10.6 Å². The number of esters is 1. The Balaban J connectivity index is 1.93. The van der Waals surface area contributed by atoms with Gasteiger partial charge in [0.1, 0.15) is 6.61 Å². The normalized spacial score (nSPS) is 24.6. The molecular weight excluding hydrogens is 336 g/mol. The lowest BCUT2D eigenvalue weighted by molar-refractivity contribution is -0.144. The number of amides is 2. The fourth-order valence-electron chi connectivity index (χ4n) is 3.53. The lowest BCUT2D eigenvalue weighted by Crippen LogP contribution is -2.50. The molecule has 0 saturated heterocycles. The van der Waals surface area contributed by atoms with E-state index in [1.165, 1.54) is 0 Å². The first-order chi connectivity index (χ1) is 12.5. The topological polar surface area (TPSA) is 105 Å². The number of nitrogens with one attached hydrogen (secondary N) is 2. The van der Waals surface area contributed by atoms with Crippen LogP contribution in [0.15, 0.2) is 12.2 Å². The Labute approximate surface area is 154 Å². The molecule has 1 aliphatic carbocycles. The van der Waals surface area contributed by atoms with Gasteiger partial charge in [-0.1, -0.05) is 25.0 Å². The van der Waals surface area contributed by atoms with Gasteiger partial charge in [-0.05, 0) is 32.1 Å². The average molecular weight is 366 g/mol. The van der Waals surface area contributed by atoms with Crippen molar-refractivity contribution in [3.8, 4) is 0 Å². The number of hydrogen-bond acceptors (Lipinski definition) is 5. The highest BCUT2D eigenvalue weighted by atomic mass is 16.5. The molecule has 26 heavy (non-hydrogen) atoms. The summed E-state index contributed by atoms with van der Waals surface area (Å²) in [6.07, 6.45) is 9.75. The van der Waals surface area contributed by atoms with E-state index in [4.69, 9.17) is 4.74 Å². The Morgan fingerprint density at radius 1 is 1.27 bits per heavy atom. The number of carbonyl (C=O) groups is 3. The molecule has 0 unspecified atom stereocenters. The van der Waals surface area contributed by atoms with Gasteiger partial charge >= 0.3 is 5.97 Å². The van der Waals surface area contributed by atoms with Gasteiger partial charge in [0.15, 0.2) is 0 Å². The first kappa shape index (κ1) is 20.4. The van der Waals surface area contributed by atoms with Gasteiger partial charge in [-0.15, -0.1) is 0 Å². The monoisotopic (exact) mass is 366 g/mol. The van der Waals surface area contributed by atoms with Crippen molar-refractivity contribution >= 4 is 17.8 Å². The van der Waals surface area contributed by atoms with Crippen LogP contribution in [0.25, 0.3) is 0 Å². The molecule has 0 spiro atoms. The Kier molecular flexibility index (Phi) is 8.09. The van der Waals surface area contributed by atoms with Gasteiger partial charge in [-0.3, -0.25) is 14.4 Å². The number of hydrogen-bond donors (Lipinski definition) is 3. The third-order valence-electron chi connectivity index (χ3n) is 5.07. The number of aliphatic hydroxyl groups is 1. The minimum atomic E-state index is -0.527. The van der Waals surface area contributed by atoms with E-state index in [-0.39, 0.29) is 44.0 Å². The summed E-state index contributed by atoms with van der Waals surface area (Å²) in [6, 6.07) is 0. The SMILES string of the molecule is O=C(C[C@H]1CC=CCCCC(=O)OCCNC1=O)NC1(CO)CCCC1. The van der Waals surface area contributed by atoms with E-state index in [1.807, 2.05) is 12.2 Å². The highest BCUT2D eigenvalue weighted by molar-refractivity contribution is 5.86. The molecule has 2 aliphatic rings. The standard InChI is InChI=1S/C19H30N2O5/c22-14-19(9-5-6-10-19)21-16(23)13-15-7-3-1-2-4-8-17(24)26-12-11-20-18(15)25/h1,3,15,22H,2,4-14H2,(H,20,25)(H,21,23)/t15-/m1/s1. The van der Waals surface area contributed by atoms with Crippen molar-refractivity contribution in [1.82, 2.24) is 10.6 Å². The molecule has 0 aromatic carbocycles. The fraction of sp³-hybridized carbons (Fsp3) is 0.737. The Morgan fingerprint density at radius 2 is 2.04 bits per heavy atom. The second-order valence-electron chi connectivity index (χ2n) is 7.21. The summed E-state index contributed by atoms with van der Waals surface area (Å²) in [7, 11) is 0. The van der Waals surface area contributed by atoms with Gasteiger partial charge in [0, 0.05) is 12.8 Å². The summed E-state index contributed by atoms with van der Waals surface area (Å²) in [4.78, 5) is 36.3. The summed E-state index contributed by atoms with van der Waals surface area (Å²) in [5.41, 5.74) is -0.527. The van der Waals surface area contributed by atoms with Crippen molar-refractivity contribution in [2.75, 3.05) is 19.8 Å². The van der Waals surface area contributed by atoms with Gasteiger partial charge in [0.2, 0.25) is 11.8 Å². The maximum atomic E-state index is 12.5. The van der Waals surface area contributed by atoms with E-state index in [0.29, 0.717) is 19.3 Å². The van der Waals surface area contributed by atoms with Gasteiger partial charge in [0.25, 0.3) is 0 Å². The molecule has 1 saturated carbocycles. The maximum Gasteiger partial charge on any atom is 0.305 e. The predicted molar refractivity (Wildman–Crippen MR) is 96.1 cm³/mol. The zero-order valence-corrected chi connectivity index (χ0v) is 15.3. The molecule has 0 bridgehead atoms. The number of cyclic esters (lactones) is 1. The van der Waals surface area contributed by atoms with Crippen LogP contribution in [-0.4, -0.2) is 48.2 Å². The number of carbonyl (C=O) groups excluding carboxylic acids is 3. The summed E-state index contributed by atoms with van der Waals surface area (Å²) >= 11 is 0. The third kappa shape index (κ3) is 6.44. The first-order valence-electron chi connectivity index (χ1n) is 9.55. The Morgan fingerprint density at radius 3 is 2.77 bits per heavy atom. The van der Waals surface area contributed by atoms with Gasteiger partial charge < -0.3 is 20.5 Å². The maximum absolute atomic E-state index is 12.5. The van der Waals surface area contributed by atoms with E-state index in [1.54, 1.807) is 0 Å². The quantitative estimate of drug-likeness (QED) is 0.512. The lowest BCUT2D eigenvalue weighted by Gasteiger charge is -2.28. The molecule has 0 aromatic rings. The van der Waals surface area contributed by atoms with Crippen molar-refractivity contribution < 1.29 is 24.2 Å². The third-order valence-corrected chi connectivity index (χ3v) is 5.07. The van der Waals surface area contributed by atoms with Crippen LogP contribution in [0.4, 0.5) is 0 Å². The van der Waals surface area contributed by atoms with Gasteiger partial charge in [-0.25, -0.2) is 0 Å². The largest absolute Gasteiger partial charge is 0.464 e. The number of allylic oxidation sites excluding steroid dienone is 2. The number of rotatable bonds is 4. The zero-order chi connectivity index (χ0) is 18.8. The number of ether oxygens (including phenoxy) is 1. The number of aliphatic hydroxyl groups excluding tert-OH is 1. The highest BCUT2D eigenvalue weighted by Gasteiger charge is 2.35. The molecule has 0 aromatic heterocycles. The van der Waals surface area contributed by atoms with Crippen LogP contribution in [0.2, 0.25) is 0 Å². The molecular formula is C19H30N2O5. The molecule has 2 rings (SSSR count). The summed E-state index contributed by atoms with van der Waals surface area (Å²) in [5, 5.41) is 15.3. The summed E-state index contributed by atoms with van der Waals surface area (Å²) in [6.45, 7) is 0.318. The molecule has 3 N–H and O–H groups in total. The molecule has 2 amide bonds. The summed E-state index contributed by atoms with van der Waals surface area (Å²) in [5.74, 6) is -1.15. The predicted octanol–water partition coefficient (Wildman–Crippen LogP) is 1.20. The van der Waals surface area contributed by atoms with Crippen molar-refractivity contribution in [2.45, 2.75) is 63.3 Å². The second kappa shape index (κ2) is 10.3. The molecule has 1 atom stereocenters. The Hall–Kier alpha value is -1.89.